The molecule has 82 valence electrons. The average Bonchev–Trinajstić information content (AvgIpc) is 2.23. The molecular weight excluding hydrogens is 226 g/mol. The summed E-state index contributed by atoms with van der Waals surface area (Å²) >= 11 is 5.37. The molecule has 0 spiro atoms. The van der Waals surface area contributed by atoms with E-state index < -0.39 is 16.7 Å². The van der Waals surface area contributed by atoms with Crippen molar-refractivity contribution in [3.63, 3.8) is 0 Å². The van der Waals surface area contributed by atoms with Gasteiger partial charge in [0.05, 0.1) is 7.11 Å². The Bertz CT molecular complexity index is 380. The highest BCUT2D eigenvalue weighted by Crippen LogP contribution is 2.31. The Hall–Kier alpha value is -1.16. The van der Waals surface area contributed by atoms with Gasteiger partial charge in [-0.15, -0.1) is 0 Å². The first kappa shape index (κ1) is 11.9. The molecule has 0 saturated heterocycles. The zero-order chi connectivity index (χ0) is 11.4. The van der Waals surface area contributed by atoms with Crippen molar-refractivity contribution in [2.75, 3.05) is 7.11 Å². The molecule has 5 heteroatoms. The third-order valence-corrected chi connectivity index (χ3v) is 2.28. The van der Waals surface area contributed by atoms with Crippen molar-refractivity contribution < 1.29 is 18.3 Å². The van der Waals surface area contributed by atoms with Gasteiger partial charge in [0, 0.05) is 12.0 Å². The van der Waals surface area contributed by atoms with Crippen molar-refractivity contribution in [2.45, 2.75) is 12.8 Å². The molecule has 1 aromatic rings. The fourth-order valence-electron chi connectivity index (χ4n) is 1.25. The van der Waals surface area contributed by atoms with E-state index in [9.17, 15) is 13.6 Å². The Morgan fingerprint density at radius 3 is 2.73 bits per heavy atom. The fourth-order valence-corrected chi connectivity index (χ4v) is 1.39. The van der Waals surface area contributed by atoms with Gasteiger partial charge in [0.1, 0.15) is 17.1 Å². The molecule has 0 atom stereocenters. The van der Waals surface area contributed by atoms with Crippen LogP contribution in [0.1, 0.15) is 12.0 Å². The van der Waals surface area contributed by atoms with Crippen molar-refractivity contribution in [2.24, 2.45) is 0 Å². The minimum absolute atomic E-state index is 0.108. The number of carbonyl (C=O) groups is 1. The minimum atomic E-state index is -0.930. The molecule has 0 amide bonds. The lowest BCUT2D eigenvalue weighted by Gasteiger charge is -2.10. The van der Waals surface area contributed by atoms with Crippen molar-refractivity contribution in [1.82, 2.24) is 0 Å². The monoisotopic (exact) mass is 234 g/mol. The molecule has 2 nitrogen and oxygen atoms in total. The van der Waals surface area contributed by atoms with Crippen LogP contribution >= 0.6 is 11.6 Å². The molecule has 0 fully saturated rings. The largest absolute Gasteiger partial charge is 0.493 e. The Balaban J connectivity index is 3.19. The van der Waals surface area contributed by atoms with Gasteiger partial charge in [-0.1, -0.05) is 11.6 Å². The molecule has 0 unspecified atom stereocenters. The lowest BCUT2D eigenvalue weighted by molar-refractivity contribution is -0.107. The molecule has 0 N–H and O–H groups in total. The van der Waals surface area contributed by atoms with Crippen LogP contribution in [0.5, 0.6) is 5.75 Å². The first-order chi connectivity index (χ1) is 7.11. The quantitative estimate of drug-likeness (QED) is 0.592. The number of aldehydes is 1. The molecule has 0 aliphatic rings. The van der Waals surface area contributed by atoms with Crippen LogP contribution < -0.4 is 4.74 Å². The number of carbonyl (C=O) groups excluding carboxylic acids is 1. The molecule has 0 saturated carbocycles. The van der Waals surface area contributed by atoms with Gasteiger partial charge >= 0.3 is 0 Å². The second kappa shape index (κ2) is 5.07. The van der Waals surface area contributed by atoms with Gasteiger partial charge in [0.25, 0.3) is 0 Å². The third-order valence-electron chi connectivity index (χ3n) is 1.93. The molecule has 1 aromatic carbocycles. The lowest BCUT2D eigenvalue weighted by atomic mass is 10.1. The van der Waals surface area contributed by atoms with Crippen LogP contribution in [-0.2, 0) is 11.2 Å². The van der Waals surface area contributed by atoms with Crippen LogP contribution in [0.4, 0.5) is 8.78 Å². The van der Waals surface area contributed by atoms with Crippen LogP contribution in [0.2, 0.25) is 5.02 Å². The summed E-state index contributed by atoms with van der Waals surface area (Å²) < 4.78 is 31.2. The van der Waals surface area contributed by atoms with Gasteiger partial charge in [-0.05, 0) is 12.5 Å². The molecule has 0 aliphatic carbocycles. The van der Waals surface area contributed by atoms with E-state index in [4.69, 9.17) is 16.3 Å². The van der Waals surface area contributed by atoms with Gasteiger partial charge in [0.15, 0.2) is 11.6 Å². The maximum absolute atomic E-state index is 13.4. The summed E-state index contributed by atoms with van der Waals surface area (Å²) in [6, 6.07) is 1.08. The predicted molar refractivity (Wildman–Crippen MR) is 52.3 cm³/mol. The molecule has 0 heterocycles. The molecule has 0 bridgehead atoms. The van der Waals surface area contributed by atoms with Crippen LogP contribution in [0.25, 0.3) is 0 Å². The molecule has 1 rings (SSSR count). The van der Waals surface area contributed by atoms with Gasteiger partial charge in [-0.25, -0.2) is 8.78 Å². The summed E-state index contributed by atoms with van der Waals surface area (Å²) in [6.45, 7) is 0. The summed E-state index contributed by atoms with van der Waals surface area (Å²) in [5, 5.41) is -0.596. The molecule has 0 aliphatic heterocycles. The van der Waals surface area contributed by atoms with Crippen LogP contribution in [0.15, 0.2) is 6.07 Å². The maximum Gasteiger partial charge on any atom is 0.186 e. The van der Waals surface area contributed by atoms with Crippen LogP contribution in [0.3, 0.4) is 0 Å². The minimum Gasteiger partial charge on any atom is -0.493 e. The van der Waals surface area contributed by atoms with Crippen LogP contribution in [-0.4, -0.2) is 13.4 Å². The van der Waals surface area contributed by atoms with E-state index in [0.29, 0.717) is 11.8 Å². The highest BCUT2D eigenvalue weighted by atomic mass is 35.5. The SMILES string of the molecule is COc1c(CCC=O)cc(F)c(Cl)c1F. The predicted octanol–water partition coefficient (Wildman–Crippen LogP) is 2.76. The lowest BCUT2D eigenvalue weighted by Crippen LogP contribution is -1.99. The second-order valence-corrected chi connectivity index (χ2v) is 3.26. The number of hydrogen-bond acceptors (Lipinski definition) is 2. The summed E-state index contributed by atoms with van der Waals surface area (Å²) in [5.41, 5.74) is 0.295. The van der Waals surface area contributed by atoms with Crippen molar-refractivity contribution in [3.8, 4) is 5.75 Å². The fraction of sp³-hybridized carbons (Fsp3) is 0.300. The third kappa shape index (κ3) is 2.45. The van der Waals surface area contributed by atoms with Crippen molar-refractivity contribution in [1.29, 1.82) is 0 Å². The number of benzene rings is 1. The van der Waals surface area contributed by atoms with Gasteiger partial charge in [-0.2, -0.15) is 0 Å². The van der Waals surface area contributed by atoms with E-state index in [1.54, 1.807) is 0 Å². The highest BCUT2D eigenvalue weighted by molar-refractivity contribution is 6.31. The van der Waals surface area contributed by atoms with E-state index in [2.05, 4.69) is 0 Å². The van der Waals surface area contributed by atoms with E-state index in [0.717, 1.165) is 6.07 Å². The highest BCUT2D eigenvalue weighted by Gasteiger charge is 2.17. The maximum atomic E-state index is 13.4. The molecule has 0 radical (unpaired) electrons. The number of methoxy groups -OCH3 is 1. The van der Waals surface area contributed by atoms with Crippen molar-refractivity contribution >= 4 is 17.9 Å². The van der Waals surface area contributed by atoms with E-state index in [-0.39, 0.29) is 18.6 Å². The van der Waals surface area contributed by atoms with Crippen molar-refractivity contribution in [3.05, 3.63) is 28.3 Å². The first-order valence-electron chi connectivity index (χ1n) is 4.25. The first-order valence-corrected chi connectivity index (χ1v) is 4.63. The molecule has 0 aromatic heterocycles. The number of halogens is 3. The van der Waals surface area contributed by atoms with Gasteiger partial charge < -0.3 is 9.53 Å². The Morgan fingerprint density at radius 2 is 2.20 bits per heavy atom. The zero-order valence-electron chi connectivity index (χ0n) is 8.02. The Morgan fingerprint density at radius 1 is 1.53 bits per heavy atom. The van der Waals surface area contributed by atoms with Gasteiger partial charge in [-0.3, -0.25) is 0 Å². The summed E-state index contributed by atoms with van der Waals surface area (Å²) in [5.74, 6) is -1.89. The van der Waals surface area contributed by atoms with E-state index in [1.807, 2.05) is 0 Å². The number of aryl methyl sites for hydroxylation is 1. The average molecular weight is 235 g/mol. The van der Waals surface area contributed by atoms with Crippen LogP contribution in [0, 0.1) is 11.6 Å². The zero-order valence-corrected chi connectivity index (χ0v) is 8.78. The summed E-state index contributed by atoms with van der Waals surface area (Å²) in [6.07, 6.45) is 1.07. The topological polar surface area (TPSA) is 26.3 Å². The molecule has 15 heavy (non-hydrogen) atoms. The summed E-state index contributed by atoms with van der Waals surface area (Å²) in [4.78, 5) is 10.2. The molecular formula is C10H9ClF2O2. The van der Waals surface area contributed by atoms with Gasteiger partial charge in [0.2, 0.25) is 0 Å². The van der Waals surface area contributed by atoms with E-state index in [1.165, 1.54) is 7.11 Å². The normalized spacial score (nSPS) is 10.1. The Kier molecular flexibility index (Phi) is 4.03. The number of rotatable bonds is 4. The van der Waals surface area contributed by atoms with E-state index >= 15 is 0 Å². The smallest absolute Gasteiger partial charge is 0.186 e. The number of ether oxygens (including phenoxy) is 1. The summed E-state index contributed by atoms with van der Waals surface area (Å²) in [7, 11) is 1.26. The second-order valence-electron chi connectivity index (χ2n) is 2.88. The standard InChI is InChI=1S/C10H9ClF2O2/c1-15-10-6(3-2-4-14)5-7(12)8(11)9(10)13/h4-5H,2-3H2,1H3. The number of hydrogen-bond donors (Lipinski definition) is 0. The Labute approximate surface area is 90.8 Å².